The molecule has 0 bridgehead atoms. The minimum absolute atomic E-state index is 0.0225. The summed E-state index contributed by atoms with van der Waals surface area (Å²) in [6.45, 7) is 7.29. The van der Waals surface area contributed by atoms with Crippen LogP contribution in [-0.2, 0) is 9.53 Å². The van der Waals surface area contributed by atoms with Crippen molar-refractivity contribution in [2.75, 3.05) is 26.3 Å². The molecule has 2 heterocycles. The highest BCUT2D eigenvalue weighted by atomic mass is 16.5. The molecule has 2 fully saturated rings. The molecule has 1 amide bonds. The van der Waals surface area contributed by atoms with Crippen molar-refractivity contribution in [1.82, 2.24) is 10.2 Å². The van der Waals surface area contributed by atoms with Crippen LogP contribution in [-0.4, -0.2) is 49.2 Å². The molecule has 0 aromatic carbocycles. The number of amides is 1. The molecular weight excluding hydrogens is 204 g/mol. The van der Waals surface area contributed by atoms with E-state index in [1.165, 1.54) is 6.42 Å². The van der Waals surface area contributed by atoms with Gasteiger partial charge in [-0.15, -0.1) is 0 Å². The Morgan fingerprint density at radius 1 is 1.44 bits per heavy atom. The average Bonchev–Trinajstić information content (AvgIpc) is 2.29. The largest absolute Gasteiger partial charge is 0.377 e. The fourth-order valence-electron chi connectivity index (χ4n) is 2.61. The number of morpholine rings is 1. The van der Waals surface area contributed by atoms with Crippen molar-refractivity contribution in [3.05, 3.63) is 0 Å². The topological polar surface area (TPSA) is 41.6 Å². The maximum Gasteiger partial charge on any atom is 0.240 e. The second kappa shape index (κ2) is 5.15. The van der Waals surface area contributed by atoms with Crippen LogP contribution in [0.1, 0.15) is 26.7 Å². The first-order valence-electron chi connectivity index (χ1n) is 6.31. The van der Waals surface area contributed by atoms with Crippen molar-refractivity contribution < 1.29 is 9.53 Å². The van der Waals surface area contributed by atoms with E-state index < -0.39 is 0 Å². The molecular formula is C12H22N2O2. The van der Waals surface area contributed by atoms with E-state index in [2.05, 4.69) is 19.2 Å². The molecule has 0 aliphatic carbocycles. The lowest BCUT2D eigenvalue weighted by Crippen LogP contribution is -2.57. The van der Waals surface area contributed by atoms with E-state index in [9.17, 15) is 4.79 Å². The maximum atomic E-state index is 12.4. The number of piperidine rings is 1. The second-order valence-corrected chi connectivity index (χ2v) is 5.01. The monoisotopic (exact) mass is 226 g/mol. The van der Waals surface area contributed by atoms with Gasteiger partial charge < -0.3 is 15.0 Å². The van der Waals surface area contributed by atoms with Gasteiger partial charge >= 0.3 is 0 Å². The van der Waals surface area contributed by atoms with Gasteiger partial charge in [0.1, 0.15) is 0 Å². The van der Waals surface area contributed by atoms with Crippen LogP contribution in [0.2, 0.25) is 0 Å². The molecule has 0 aromatic rings. The summed E-state index contributed by atoms with van der Waals surface area (Å²) in [5.41, 5.74) is 0. The average molecular weight is 226 g/mol. The lowest BCUT2D eigenvalue weighted by molar-refractivity contribution is -0.143. The predicted octanol–water partition coefficient (Wildman–Crippen LogP) is 0.622. The van der Waals surface area contributed by atoms with E-state index in [-0.39, 0.29) is 18.0 Å². The Labute approximate surface area is 97.3 Å². The lowest BCUT2D eigenvalue weighted by Gasteiger charge is -2.38. The standard InChI is InChI=1S/C12H22N2O2/c1-9-4-3-5-13-11(9)12(15)14-6-7-16-8-10(14)2/h9-11,13H,3-8H2,1-2H3/t9?,10-,11?/m1/s1. The predicted molar refractivity (Wildman–Crippen MR) is 62.2 cm³/mol. The van der Waals surface area contributed by atoms with Crippen molar-refractivity contribution in [3.8, 4) is 0 Å². The summed E-state index contributed by atoms with van der Waals surface area (Å²) in [5, 5.41) is 3.35. The third kappa shape index (κ3) is 2.38. The van der Waals surface area contributed by atoms with Crippen LogP contribution in [0.15, 0.2) is 0 Å². The Kier molecular flexibility index (Phi) is 3.82. The fourth-order valence-corrected chi connectivity index (χ4v) is 2.61. The zero-order valence-electron chi connectivity index (χ0n) is 10.2. The molecule has 1 N–H and O–H groups in total. The molecule has 4 nitrogen and oxygen atoms in total. The van der Waals surface area contributed by atoms with Gasteiger partial charge in [-0.05, 0) is 32.2 Å². The summed E-state index contributed by atoms with van der Waals surface area (Å²) >= 11 is 0. The molecule has 2 aliphatic rings. The van der Waals surface area contributed by atoms with Crippen LogP contribution >= 0.6 is 0 Å². The van der Waals surface area contributed by atoms with E-state index in [4.69, 9.17) is 4.74 Å². The smallest absolute Gasteiger partial charge is 0.240 e. The Morgan fingerprint density at radius 3 is 2.94 bits per heavy atom. The summed E-state index contributed by atoms with van der Waals surface area (Å²) in [4.78, 5) is 14.4. The SMILES string of the molecule is CC1CCCNC1C(=O)N1CCOC[C@H]1C. The molecule has 92 valence electrons. The van der Waals surface area contributed by atoms with Gasteiger partial charge in [0, 0.05) is 6.54 Å². The highest BCUT2D eigenvalue weighted by Gasteiger charge is 2.33. The van der Waals surface area contributed by atoms with Gasteiger partial charge in [-0.3, -0.25) is 4.79 Å². The first kappa shape index (κ1) is 11.9. The third-order valence-corrected chi connectivity index (χ3v) is 3.69. The van der Waals surface area contributed by atoms with E-state index in [1.807, 2.05) is 4.90 Å². The van der Waals surface area contributed by atoms with Crippen LogP contribution < -0.4 is 5.32 Å². The number of carbonyl (C=O) groups excluding carboxylic acids is 1. The minimum Gasteiger partial charge on any atom is -0.377 e. The Balaban J connectivity index is 1.99. The molecule has 3 atom stereocenters. The van der Waals surface area contributed by atoms with E-state index >= 15 is 0 Å². The normalized spacial score (nSPS) is 36.1. The van der Waals surface area contributed by atoms with Gasteiger partial charge in [0.25, 0.3) is 0 Å². The molecule has 0 saturated carbocycles. The van der Waals surface area contributed by atoms with Gasteiger partial charge in [0.05, 0.1) is 25.3 Å². The summed E-state index contributed by atoms with van der Waals surface area (Å²) in [5.74, 6) is 0.722. The Bertz CT molecular complexity index is 233. The van der Waals surface area contributed by atoms with Crippen LogP contribution in [0.5, 0.6) is 0 Å². The number of rotatable bonds is 1. The molecule has 2 rings (SSSR count). The van der Waals surface area contributed by atoms with Crippen molar-refractivity contribution in [1.29, 1.82) is 0 Å². The second-order valence-electron chi connectivity index (χ2n) is 5.01. The third-order valence-electron chi connectivity index (χ3n) is 3.69. The van der Waals surface area contributed by atoms with Crippen molar-refractivity contribution in [2.45, 2.75) is 38.8 Å². The number of nitrogens with one attached hydrogen (secondary N) is 1. The highest BCUT2D eigenvalue weighted by molar-refractivity contribution is 5.82. The minimum atomic E-state index is 0.0225. The maximum absolute atomic E-state index is 12.4. The molecule has 0 aromatic heterocycles. The Hall–Kier alpha value is -0.610. The molecule has 2 saturated heterocycles. The molecule has 0 spiro atoms. The number of hydrogen-bond acceptors (Lipinski definition) is 3. The highest BCUT2D eigenvalue weighted by Crippen LogP contribution is 2.19. The molecule has 2 unspecified atom stereocenters. The van der Waals surface area contributed by atoms with Gasteiger partial charge in [-0.2, -0.15) is 0 Å². The van der Waals surface area contributed by atoms with E-state index in [0.29, 0.717) is 19.1 Å². The molecule has 0 radical (unpaired) electrons. The zero-order valence-corrected chi connectivity index (χ0v) is 10.2. The van der Waals surface area contributed by atoms with Crippen molar-refractivity contribution in [3.63, 3.8) is 0 Å². The van der Waals surface area contributed by atoms with Crippen LogP contribution in [0.4, 0.5) is 0 Å². The Morgan fingerprint density at radius 2 is 2.25 bits per heavy atom. The number of ether oxygens (including phenoxy) is 1. The van der Waals surface area contributed by atoms with E-state index in [0.717, 1.165) is 19.5 Å². The summed E-state index contributed by atoms with van der Waals surface area (Å²) in [6, 6.07) is 0.242. The van der Waals surface area contributed by atoms with Gasteiger partial charge in [-0.1, -0.05) is 6.92 Å². The summed E-state index contributed by atoms with van der Waals surface area (Å²) in [7, 11) is 0. The summed E-state index contributed by atoms with van der Waals surface area (Å²) in [6.07, 6.45) is 2.34. The van der Waals surface area contributed by atoms with Crippen LogP contribution in [0.3, 0.4) is 0 Å². The molecule has 4 heteroatoms. The lowest BCUT2D eigenvalue weighted by atomic mass is 9.91. The zero-order chi connectivity index (χ0) is 11.5. The summed E-state index contributed by atoms with van der Waals surface area (Å²) < 4.78 is 5.36. The first-order valence-corrected chi connectivity index (χ1v) is 6.31. The molecule has 16 heavy (non-hydrogen) atoms. The molecule has 2 aliphatic heterocycles. The first-order chi connectivity index (χ1) is 7.70. The van der Waals surface area contributed by atoms with Crippen LogP contribution in [0.25, 0.3) is 0 Å². The van der Waals surface area contributed by atoms with E-state index in [1.54, 1.807) is 0 Å². The van der Waals surface area contributed by atoms with Crippen LogP contribution in [0, 0.1) is 5.92 Å². The van der Waals surface area contributed by atoms with Gasteiger partial charge in [0.15, 0.2) is 0 Å². The number of hydrogen-bond donors (Lipinski definition) is 1. The van der Waals surface area contributed by atoms with Crippen molar-refractivity contribution >= 4 is 5.91 Å². The quantitative estimate of drug-likeness (QED) is 0.713. The van der Waals surface area contributed by atoms with Gasteiger partial charge in [0.2, 0.25) is 5.91 Å². The fraction of sp³-hybridized carbons (Fsp3) is 0.917. The van der Waals surface area contributed by atoms with Gasteiger partial charge in [-0.25, -0.2) is 0 Å². The van der Waals surface area contributed by atoms with Crippen molar-refractivity contribution in [2.24, 2.45) is 5.92 Å². The number of carbonyl (C=O) groups is 1. The number of nitrogens with zero attached hydrogens (tertiary/aromatic N) is 1.